The van der Waals surface area contributed by atoms with E-state index in [1.807, 2.05) is 18.2 Å². The van der Waals surface area contributed by atoms with Crippen LogP contribution in [0.25, 0.3) is 0 Å². The molecule has 0 aromatic heterocycles. The van der Waals surface area contributed by atoms with E-state index in [1.54, 1.807) is 7.11 Å². The second-order valence-electron chi connectivity index (χ2n) is 7.06. The lowest BCUT2D eigenvalue weighted by molar-refractivity contribution is -0.106. The molecule has 30 heavy (non-hydrogen) atoms. The molecule has 1 amide bonds. The van der Waals surface area contributed by atoms with E-state index in [9.17, 15) is 0 Å². The maximum atomic E-state index is 8.58. The fraction of sp³-hybridized carbons (Fsp3) is 0.435. The minimum absolute atomic E-state index is 0.250. The van der Waals surface area contributed by atoms with Crippen molar-refractivity contribution >= 4 is 24.6 Å². The van der Waals surface area contributed by atoms with E-state index < -0.39 is 0 Å². The predicted octanol–water partition coefficient (Wildman–Crippen LogP) is 2.43. The Bertz CT molecular complexity index is 725. The molecule has 5 N–H and O–H groups in total. The van der Waals surface area contributed by atoms with Gasteiger partial charge < -0.3 is 21.5 Å². The standard InChI is InChI=1S/C12H15N.C10H15NO.CH3NO.OS/c13-12-10-5-1-3-8(10)7-9-4-2-6-11(9)12;1-12-8-7-11-9-10-5-3-2-4-6-10;2-1-3;1-2/h7H,1-6,13H2;2-6,11H,7-9H2,1H3;1H,(H2,2,3);. The first-order chi connectivity index (χ1) is 14.7. The molecule has 2 aliphatic carbocycles. The molecule has 0 bridgehead atoms. The Kier molecular flexibility index (Phi) is 13.3. The molecule has 6 nitrogen and oxygen atoms in total. The summed E-state index contributed by atoms with van der Waals surface area (Å²) in [6, 6.07) is 12.8. The number of carbonyl (C=O) groups excluding carboxylic acids is 1. The van der Waals surface area contributed by atoms with E-state index in [4.69, 9.17) is 19.5 Å². The molecule has 0 heterocycles. The molecule has 0 saturated carbocycles. The van der Waals surface area contributed by atoms with Gasteiger partial charge in [-0.15, -0.1) is 0 Å². The lowest BCUT2D eigenvalue weighted by Crippen LogP contribution is -2.18. The number of carbonyl (C=O) groups is 1. The number of benzene rings is 2. The minimum atomic E-state index is 0.250. The van der Waals surface area contributed by atoms with E-state index in [-0.39, 0.29) is 6.41 Å². The Morgan fingerprint density at radius 1 is 1.03 bits per heavy atom. The zero-order chi connectivity index (χ0) is 22.2. The van der Waals surface area contributed by atoms with Gasteiger partial charge in [0, 0.05) is 25.9 Å². The van der Waals surface area contributed by atoms with E-state index in [2.05, 4.69) is 41.8 Å². The zero-order valence-electron chi connectivity index (χ0n) is 17.7. The zero-order valence-corrected chi connectivity index (χ0v) is 18.5. The number of nitrogens with two attached hydrogens (primary N) is 2. The van der Waals surface area contributed by atoms with Crippen molar-refractivity contribution in [3.05, 3.63) is 64.2 Å². The van der Waals surface area contributed by atoms with Crippen molar-refractivity contribution in [3.8, 4) is 0 Å². The van der Waals surface area contributed by atoms with Crippen molar-refractivity contribution in [2.75, 3.05) is 26.0 Å². The number of hydrogen-bond donors (Lipinski definition) is 3. The minimum Gasteiger partial charge on any atom is -0.398 e. The van der Waals surface area contributed by atoms with Crippen LogP contribution in [0.3, 0.4) is 0 Å². The molecule has 0 saturated heterocycles. The fourth-order valence-electron chi connectivity index (χ4n) is 3.86. The van der Waals surface area contributed by atoms with Crippen LogP contribution >= 0.6 is 0 Å². The molecular formula is C23H33N3O3S. The van der Waals surface area contributed by atoms with Gasteiger partial charge in [-0.2, -0.15) is 4.21 Å². The highest BCUT2D eigenvalue weighted by atomic mass is 32.1. The number of anilines is 1. The van der Waals surface area contributed by atoms with Crippen LogP contribution in [0, 0.1) is 0 Å². The fourth-order valence-corrected chi connectivity index (χ4v) is 3.86. The highest BCUT2D eigenvalue weighted by Crippen LogP contribution is 2.36. The average molecular weight is 432 g/mol. The summed E-state index contributed by atoms with van der Waals surface area (Å²) in [4.78, 5) is 8.58. The van der Waals surface area contributed by atoms with Gasteiger partial charge in [0.2, 0.25) is 6.41 Å². The summed E-state index contributed by atoms with van der Waals surface area (Å²) in [7, 11) is 1.71. The highest BCUT2D eigenvalue weighted by Gasteiger charge is 2.21. The Hall–Kier alpha value is -2.35. The molecule has 4 rings (SSSR count). The molecule has 2 aliphatic rings. The Labute approximate surface area is 184 Å². The Morgan fingerprint density at radius 3 is 2.07 bits per heavy atom. The number of primary amides is 1. The smallest absolute Gasteiger partial charge is 0.204 e. The first-order valence-corrected chi connectivity index (χ1v) is 10.5. The van der Waals surface area contributed by atoms with Gasteiger partial charge in [0.25, 0.3) is 0 Å². The lowest BCUT2D eigenvalue weighted by Gasteiger charge is -2.10. The van der Waals surface area contributed by atoms with Crippen LogP contribution < -0.4 is 16.8 Å². The summed E-state index contributed by atoms with van der Waals surface area (Å²) < 4.78 is 12.8. The molecule has 2 aromatic rings. The first kappa shape index (κ1) is 25.7. The van der Waals surface area contributed by atoms with E-state index >= 15 is 0 Å². The average Bonchev–Trinajstić information content (AvgIpc) is 3.45. The van der Waals surface area contributed by atoms with E-state index in [1.165, 1.54) is 66.3 Å². The number of amides is 1. The highest BCUT2D eigenvalue weighted by molar-refractivity contribution is 7.44. The number of rotatable bonds is 5. The SMILES string of the molecule is COCCNCc1ccccc1.NC=O.Nc1c2c(cc3c1CCC3)CCC2.O=S. The molecule has 0 atom stereocenters. The van der Waals surface area contributed by atoms with Gasteiger partial charge in [-0.25, -0.2) is 0 Å². The number of methoxy groups -OCH3 is 1. The number of ether oxygens (including phenoxy) is 1. The monoisotopic (exact) mass is 431 g/mol. The maximum Gasteiger partial charge on any atom is 0.204 e. The number of aryl methyl sites for hydroxylation is 2. The van der Waals surface area contributed by atoms with Crippen molar-refractivity contribution in [1.29, 1.82) is 0 Å². The van der Waals surface area contributed by atoms with Crippen LogP contribution in [0.2, 0.25) is 0 Å². The molecule has 0 unspecified atom stereocenters. The summed E-state index contributed by atoms with van der Waals surface area (Å²) in [5.74, 6) is 0. The van der Waals surface area contributed by atoms with Gasteiger partial charge in [0.15, 0.2) is 12.5 Å². The predicted molar refractivity (Wildman–Crippen MR) is 123 cm³/mol. The van der Waals surface area contributed by atoms with Gasteiger partial charge >= 0.3 is 0 Å². The van der Waals surface area contributed by atoms with Crippen LogP contribution in [0.15, 0.2) is 36.4 Å². The molecule has 2 aromatic carbocycles. The molecule has 164 valence electrons. The second kappa shape index (κ2) is 15.5. The molecule has 0 fully saturated rings. The largest absolute Gasteiger partial charge is 0.398 e. The van der Waals surface area contributed by atoms with Crippen molar-refractivity contribution in [2.45, 2.75) is 45.1 Å². The van der Waals surface area contributed by atoms with Gasteiger partial charge in [0.05, 0.1) is 6.61 Å². The number of hydrogen-bond acceptors (Lipinski definition) is 6. The normalized spacial score (nSPS) is 12.7. The lowest BCUT2D eigenvalue weighted by atomic mass is 9.99. The second-order valence-corrected chi connectivity index (χ2v) is 7.06. The van der Waals surface area contributed by atoms with E-state index in [0.717, 1.165) is 25.4 Å². The third kappa shape index (κ3) is 8.18. The third-order valence-corrected chi connectivity index (χ3v) is 5.17. The Balaban J connectivity index is 0.000000249. The summed E-state index contributed by atoms with van der Waals surface area (Å²) >= 11 is 2.83. The number of nitrogens with one attached hydrogen (secondary N) is 1. The van der Waals surface area contributed by atoms with Gasteiger partial charge in [0.1, 0.15) is 0 Å². The summed E-state index contributed by atoms with van der Waals surface area (Å²) in [6.45, 7) is 2.60. The van der Waals surface area contributed by atoms with Crippen LogP contribution in [0.1, 0.15) is 40.7 Å². The number of fused-ring (bicyclic) bond motifs is 2. The molecule has 0 radical (unpaired) electrons. The summed E-state index contributed by atoms with van der Waals surface area (Å²) in [5.41, 5.74) is 18.8. The molecular weight excluding hydrogens is 398 g/mol. The van der Waals surface area contributed by atoms with Crippen LogP contribution in [0.5, 0.6) is 0 Å². The Morgan fingerprint density at radius 2 is 1.57 bits per heavy atom. The van der Waals surface area contributed by atoms with Gasteiger partial charge in [-0.05, 0) is 66.3 Å². The summed E-state index contributed by atoms with van der Waals surface area (Å²) in [6.07, 6.45) is 7.81. The quantitative estimate of drug-likeness (QED) is 0.381. The molecule has 0 aliphatic heterocycles. The summed E-state index contributed by atoms with van der Waals surface area (Å²) in [5, 5.41) is 3.28. The van der Waals surface area contributed by atoms with Crippen molar-refractivity contribution in [1.82, 2.24) is 5.32 Å². The van der Waals surface area contributed by atoms with Crippen molar-refractivity contribution < 1.29 is 13.7 Å². The maximum absolute atomic E-state index is 8.58. The van der Waals surface area contributed by atoms with Crippen LogP contribution in [-0.2, 0) is 54.3 Å². The van der Waals surface area contributed by atoms with Gasteiger partial charge in [-0.3, -0.25) is 4.79 Å². The van der Waals surface area contributed by atoms with Gasteiger partial charge in [-0.1, -0.05) is 36.4 Å². The molecule has 7 heteroatoms. The topological polar surface area (TPSA) is 107 Å². The van der Waals surface area contributed by atoms with E-state index in [0.29, 0.717) is 0 Å². The first-order valence-electron chi connectivity index (χ1n) is 10.2. The van der Waals surface area contributed by atoms with Crippen LogP contribution in [-0.4, -0.2) is 30.9 Å². The molecule has 0 spiro atoms. The van der Waals surface area contributed by atoms with Crippen molar-refractivity contribution in [2.24, 2.45) is 5.73 Å². The third-order valence-electron chi connectivity index (χ3n) is 5.17. The van der Waals surface area contributed by atoms with Crippen LogP contribution in [0.4, 0.5) is 5.69 Å². The van der Waals surface area contributed by atoms with Crippen molar-refractivity contribution in [3.63, 3.8) is 0 Å². The number of nitrogen functional groups attached to an aromatic ring is 1.